The van der Waals surface area contributed by atoms with Crippen molar-refractivity contribution < 1.29 is 9.90 Å². The zero-order chi connectivity index (χ0) is 10.7. The molecule has 0 radical (unpaired) electrons. The van der Waals surface area contributed by atoms with E-state index in [9.17, 15) is 4.79 Å². The van der Waals surface area contributed by atoms with Crippen LogP contribution < -0.4 is 0 Å². The Balaban J connectivity index is 3.01. The van der Waals surface area contributed by atoms with Crippen LogP contribution in [0.4, 0.5) is 0 Å². The molecule has 4 heteroatoms. The summed E-state index contributed by atoms with van der Waals surface area (Å²) >= 11 is 5.77. The molecule has 0 atom stereocenters. The van der Waals surface area contributed by atoms with Crippen LogP contribution in [-0.2, 0) is 6.42 Å². The van der Waals surface area contributed by atoms with Gasteiger partial charge in [-0.05, 0) is 24.5 Å². The van der Waals surface area contributed by atoms with Crippen LogP contribution in [0.15, 0.2) is 12.1 Å². The lowest BCUT2D eigenvalue weighted by Crippen LogP contribution is -2.05. The van der Waals surface area contributed by atoms with Crippen LogP contribution in [0.3, 0.4) is 0 Å². The van der Waals surface area contributed by atoms with Gasteiger partial charge in [0.1, 0.15) is 5.69 Å². The number of hydrogen-bond acceptors (Lipinski definition) is 2. The Kier molecular flexibility index (Phi) is 3.47. The molecular weight excluding hydrogens is 202 g/mol. The van der Waals surface area contributed by atoms with Gasteiger partial charge < -0.3 is 5.11 Å². The number of aromatic nitrogens is 1. The summed E-state index contributed by atoms with van der Waals surface area (Å²) in [4.78, 5) is 14.7. The van der Waals surface area contributed by atoms with E-state index in [1.165, 1.54) is 6.07 Å². The largest absolute Gasteiger partial charge is 0.477 e. The van der Waals surface area contributed by atoms with Gasteiger partial charge in [0.15, 0.2) is 0 Å². The number of hydrogen-bond donors (Lipinski definition) is 1. The lowest BCUT2D eigenvalue weighted by Gasteiger charge is -2.05. The van der Waals surface area contributed by atoms with Crippen molar-refractivity contribution in [1.29, 1.82) is 0 Å². The van der Waals surface area contributed by atoms with Crippen molar-refractivity contribution in [2.24, 2.45) is 5.92 Å². The fraction of sp³-hybridized carbons (Fsp3) is 0.400. The minimum Gasteiger partial charge on any atom is -0.477 e. The normalized spacial score (nSPS) is 10.6. The molecule has 0 aliphatic heterocycles. The van der Waals surface area contributed by atoms with Crippen LogP contribution in [0.25, 0.3) is 0 Å². The number of carbonyl (C=O) groups is 1. The highest BCUT2D eigenvalue weighted by atomic mass is 35.5. The summed E-state index contributed by atoms with van der Waals surface area (Å²) in [6.07, 6.45) is 0.737. The summed E-state index contributed by atoms with van der Waals surface area (Å²) in [5.74, 6) is -0.611. The van der Waals surface area contributed by atoms with Crippen molar-refractivity contribution in [3.05, 3.63) is 28.5 Å². The van der Waals surface area contributed by atoms with E-state index in [2.05, 4.69) is 4.98 Å². The van der Waals surface area contributed by atoms with Crippen molar-refractivity contribution in [3.63, 3.8) is 0 Å². The van der Waals surface area contributed by atoms with Crippen LogP contribution in [0.2, 0.25) is 5.02 Å². The molecule has 0 bridgehead atoms. The third-order valence-corrected chi connectivity index (χ3v) is 1.90. The molecule has 1 heterocycles. The molecule has 0 unspecified atom stereocenters. The van der Waals surface area contributed by atoms with Gasteiger partial charge in [-0.2, -0.15) is 0 Å². The molecule has 1 aromatic heterocycles. The standard InChI is InChI=1S/C10H12ClNO2/c1-6(2)3-8-4-7(11)5-9(12-8)10(13)14/h4-6H,3H2,1-2H3,(H,13,14). The van der Waals surface area contributed by atoms with E-state index in [1.807, 2.05) is 13.8 Å². The number of rotatable bonds is 3. The van der Waals surface area contributed by atoms with Gasteiger partial charge in [0.2, 0.25) is 0 Å². The summed E-state index contributed by atoms with van der Waals surface area (Å²) in [6.45, 7) is 4.09. The van der Waals surface area contributed by atoms with Crippen LogP contribution >= 0.6 is 11.6 Å². The lowest BCUT2D eigenvalue weighted by atomic mass is 10.1. The second kappa shape index (κ2) is 4.42. The first-order valence-corrected chi connectivity index (χ1v) is 4.76. The third kappa shape index (κ3) is 3.00. The molecule has 0 aromatic carbocycles. The Morgan fingerprint density at radius 2 is 2.21 bits per heavy atom. The summed E-state index contributed by atoms with van der Waals surface area (Å²) < 4.78 is 0. The van der Waals surface area contributed by atoms with Gasteiger partial charge >= 0.3 is 5.97 Å². The summed E-state index contributed by atoms with van der Waals surface area (Å²) in [5, 5.41) is 9.17. The Hall–Kier alpha value is -1.09. The first kappa shape index (κ1) is 11.0. The van der Waals surface area contributed by atoms with Gasteiger partial charge in [-0.1, -0.05) is 25.4 Å². The first-order chi connectivity index (χ1) is 6.49. The van der Waals surface area contributed by atoms with Gasteiger partial charge in [-0.15, -0.1) is 0 Å². The van der Waals surface area contributed by atoms with Crippen LogP contribution in [0.5, 0.6) is 0 Å². The highest BCUT2D eigenvalue weighted by molar-refractivity contribution is 6.30. The minimum absolute atomic E-state index is 0.00755. The monoisotopic (exact) mass is 213 g/mol. The minimum atomic E-state index is -1.04. The maximum atomic E-state index is 10.7. The highest BCUT2D eigenvalue weighted by Crippen LogP contribution is 2.14. The van der Waals surface area contributed by atoms with E-state index < -0.39 is 5.97 Å². The van der Waals surface area contributed by atoms with E-state index in [0.29, 0.717) is 10.9 Å². The molecule has 0 saturated heterocycles. The van der Waals surface area contributed by atoms with Crippen molar-refractivity contribution in [3.8, 4) is 0 Å². The molecule has 3 nitrogen and oxygen atoms in total. The summed E-state index contributed by atoms with van der Waals surface area (Å²) in [5.41, 5.74) is 0.734. The Morgan fingerprint density at radius 1 is 1.57 bits per heavy atom. The smallest absolute Gasteiger partial charge is 0.354 e. The average Bonchev–Trinajstić information content (AvgIpc) is 2.01. The van der Waals surface area contributed by atoms with Gasteiger partial charge in [0.25, 0.3) is 0 Å². The molecule has 0 saturated carbocycles. The molecule has 1 aromatic rings. The zero-order valence-electron chi connectivity index (χ0n) is 8.12. The molecule has 0 aliphatic rings. The van der Waals surface area contributed by atoms with E-state index in [1.54, 1.807) is 6.07 Å². The number of carboxylic acids is 1. The topological polar surface area (TPSA) is 50.2 Å². The predicted molar refractivity (Wildman–Crippen MR) is 54.7 cm³/mol. The van der Waals surface area contributed by atoms with Crippen molar-refractivity contribution in [2.45, 2.75) is 20.3 Å². The molecular formula is C10H12ClNO2. The Morgan fingerprint density at radius 3 is 2.71 bits per heavy atom. The highest BCUT2D eigenvalue weighted by Gasteiger charge is 2.08. The van der Waals surface area contributed by atoms with Gasteiger partial charge in [-0.25, -0.2) is 9.78 Å². The van der Waals surface area contributed by atoms with Gasteiger partial charge in [0, 0.05) is 10.7 Å². The van der Waals surface area contributed by atoms with Crippen molar-refractivity contribution in [1.82, 2.24) is 4.98 Å². The maximum absolute atomic E-state index is 10.7. The number of halogens is 1. The van der Waals surface area contributed by atoms with Crippen molar-refractivity contribution >= 4 is 17.6 Å². The number of carboxylic acid groups (broad SMARTS) is 1. The van der Waals surface area contributed by atoms with E-state index in [-0.39, 0.29) is 5.69 Å². The summed E-state index contributed by atoms with van der Waals surface area (Å²) in [6, 6.07) is 3.06. The predicted octanol–water partition coefficient (Wildman–Crippen LogP) is 2.63. The van der Waals surface area contributed by atoms with Crippen LogP contribution in [0, 0.1) is 5.92 Å². The molecule has 0 aliphatic carbocycles. The van der Waals surface area contributed by atoms with Gasteiger partial charge in [-0.3, -0.25) is 0 Å². The first-order valence-electron chi connectivity index (χ1n) is 4.39. The second-order valence-electron chi connectivity index (χ2n) is 3.57. The van der Waals surface area contributed by atoms with Crippen LogP contribution in [-0.4, -0.2) is 16.1 Å². The number of pyridine rings is 1. The lowest BCUT2D eigenvalue weighted by molar-refractivity contribution is 0.0690. The van der Waals surface area contributed by atoms with E-state index >= 15 is 0 Å². The number of aromatic carboxylic acids is 1. The molecule has 0 amide bonds. The molecule has 76 valence electrons. The third-order valence-electron chi connectivity index (χ3n) is 1.68. The average molecular weight is 214 g/mol. The molecule has 1 N–H and O–H groups in total. The Bertz CT molecular complexity index is 350. The molecule has 0 fully saturated rings. The fourth-order valence-electron chi connectivity index (χ4n) is 1.18. The van der Waals surface area contributed by atoms with E-state index in [0.717, 1.165) is 12.1 Å². The maximum Gasteiger partial charge on any atom is 0.354 e. The quantitative estimate of drug-likeness (QED) is 0.840. The second-order valence-corrected chi connectivity index (χ2v) is 4.00. The Labute approximate surface area is 87.7 Å². The molecule has 14 heavy (non-hydrogen) atoms. The fourth-order valence-corrected chi connectivity index (χ4v) is 1.41. The van der Waals surface area contributed by atoms with Crippen molar-refractivity contribution in [2.75, 3.05) is 0 Å². The SMILES string of the molecule is CC(C)Cc1cc(Cl)cc(C(=O)O)n1. The number of nitrogens with zero attached hydrogens (tertiary/aromatic N) is 1. The van der Waals surface area contributed by atoms with E-state index in [4.69, 9.17) is 16.7 Å². The van der Waals surface area contributed by atoms with Gasteiger partial charge in [0.05, 0.1) is 0 Å². The molecule has 0 spiro atoms. The zero-order valence-corrected chi connectivity index (χ0v) is 8.88. The molecule has 1 rings (SSSR count). The van der Waals surface area contributed by atoms with Crippen LogP contribution in [0.1, 0.15) is 30.0 Å². The summed E-state index contributed by atoms with van der Waals surface area (Å²) in [7, 11) is 0.